The molecule has 150 valence electrons. The lowest BCUT2D eigenvalue weighted by molar-refractivity contribution is -0.127. The van der Waals surface area contributed by atoms with E-state index in [9.17, 15) is 4.79 Å². The van der Waals surface area contributed by atoms with Gasteiger partial charge in [-0.25, -0.2) is 4.99 Å². The van der Waals surface area contributed by atoms with Crippen LogP contribution in [0.5, 0.6) is 5.75 Å². The first kappa shape index (κ1) is 22.5. The van der Waals surface area contributed by atoms with Gasteiger partial charge in [-0.3, -0.25) is 4.79 Å². The van der Waals surface area contributed by atoms with Crippen LogP contribution in [0.25, 0.3) is 0 Å². The van der Waals surface area contributed by atoms with Crippen LogP contribution >= 0.6 is 0 Å². The van der Waals surface area contributed by atoms with Gasteiger partial charge < -0.3 is 25.0 Å². The Morgan fingerprint density at radius 3 is 2.78 bits per heavy atom. The molecule has 1 rings (SSSR count). The Labute approximate surface area is 162 Å². The molecule has 0 heterocycles. The molecular weight excluding hydrogens is 344 g/mol. The van der Waals surface area contributed by atoms with E-state index in [0.29, 0.717) is 38.9 Å². The summed E-state index contributed by atoms with van der Waals surface area (Å²) in [5.74, 6) is 1.34. The summed E-state index contributed by atoms with van der Waals surface area (Å²) >= 11 is 0. The fraction of sp³-hybridized carbons (Fsp3) is 0.500. The van der Waals surface area contributed by atoms with Crippen LogP contribution in [0, 0.1) is 0 Å². The molecule has 7 nitrogen and oxygen atoms in total. The second-order valence-electron chi connectivity index (χ2n) is 5.99. The third-order valence-electron chi connectivity index (χ3n) is 3.60. The van der Waals surface area contributed by atoms with Crippen LogP contribution < -0.4 is 15.4 Å². The van der Waals surface area contributed by atoms with Crippen molar-refractivity contribution in [1.82, 2.24) is 15.5 Å². The predicted octanol–water partition coefficient (Wildman–Crippen LogP) is 1.80. The summed E-state index contributed by atoms with van der Waals surface area (Å²) in [6, 6.07) is 7.75. The Morgan fingerprint density at radius 2 is 2.07 bits per heavy atom. The van der Waals surface area contributed by atoms with Crippen LogP contribution in [0.1, 0.15) is 18.9 Å². The van der Waals surface area contributed by atoms with Gasteiger partial charge in [0.2, 0.25) is 5.91 Å². The molecule has 0 atom stereocenters. The summed E-state index contributed by atoms with van der Waals surface area (Å²) in [6.07, 6.45) is 2.56. The number of amides is 1. The second kappa shape index (κ2) is 13.6. The summed E-state index contributed by atoms with van der Waals surface area (Å²) in [5.41, 5.74) is 0.966. The lowest BCUT2D eigenvalue weighted by Crippen LogP contribution is -2.43. The molecule has 1 aromatic carbocycles. The number of nitrogens with zero attached hydrogens (tertiary/aromatic N) is 2. The third kappa shape index (κ3) is 9.65. The number of likely N-dealkylation sites (N-methyl/N-ethyl adjacent to an activating group) is 1. The van der Waals surface area contributed by atoms with E-state index in [1.807, 2.05) is 31.2 Å². The highest BCUT2D eigenvalue weighted by atomic mass is 16.5. The fourth-order valence-corrected chi connectivity index (χ4v) is 2.11. The van der Waals surface area contributed by atoms with Crippen molar-refractivity contribution < 1.29 is 14.3 Å². The number of guanidine groups is 1. The van der Waals surface area contributed by atoms with Gasteiger partial charge in [0.15, 0.2) is 5.96 Å². The molecule has 0 radical (unpaired) electrons. The van der Waals surface area contributed by atoms with Gasteiger partial charge in [-0.2, -0.15) is 0 Å². The maximum atomic E-state index is 11.8. The molecule has 0 aliphatic heterocycles. The van der Waals surface area contributed by atoms with Gasteiger partial charge in [-0.05, 0) is 19.4 Å². The summed E-state index contributed by atoms with van der Waals surface area (Å²) in [4.78, 5) is 18.0. The second-order valence-corrected chi connectivity index (χ2v) is 5.99. The summed E-state index contributed by atoms with van der Waals surface area (Å²) < 4.78 is 11.0. The van der Waals surface area contributed by atoms with E-state index < -0.39 is 0 Å². The van der Waals surface area contributed by atoms with Crippen molar-refractivity contribution >= 4 is 11.9 Å². The standard InChI is InChI=1S/C20H32N4O3/c1-5-13-27-18-11-8-7-10-17(18)15-22-20(21-12-9-14-26-6-2)23-16-19(25)24(3)4/h5,7-8,10-11H,1,6,9,12-16H2,2-4H3,(H2,21,22,23). The van der Waals surface area contributed by atoms with Gasteiger partial charge in [0.1, 0.15) is 12.4 Å². The Morgan fingerprint density at radius 1 is 1.30 bits per heavy atom. The van der Waals surface area contributed by atoms with E-state index in [2.05, 4.69) is 22.2 Å². The zero-order valence-corrected chi connectivity index (χ0v) is 16.7. The van der Waals surface area contributed by atoms with Crippen LogP contribution in [-0.4, -0.2) is 63.8 Å². The smallest absolute Gasteiger partial charge is 0.241 e. The Bertz CT molecular complexity index is 603. The van der Waals surface area contributed by atoms with Crippen molar-refractivity contribution in [3.8, 4) is 5.75 Å². The molecule has 7 heteroatoms. The highest BCUT2D eigenvalue weighted by Gasteiger charge is 2.07. The predicted molar refractivity (Wildman–Crippen MR) is 109 cm³/mol. The first-order valence-corrected chi connectivity index (χ1v) is 9.20. The minimum Gasteiger partial charge on any atom is -0.489 e. The van der Waals surface area contributed by atoms with E-state index in [1.165, 1.54) is 4.90 Å². The summed E-state index contributed by atoms with van der Waals surface area (Å²) in [6.45, 7) is 8.80. The number of carbonyl (C=O) groups excluding carboxylic acids is 1. The van der Waals surface area contributed by atoms with Gasteiger partial charge in [0.05, 0.1) is 13.1 Å². The van der Waals surface area contributed by atoms with Gasteiger partial charge in [0.25, 0.3) is 0 Å². The van der Waals surface area contributed by atoms with Crippen molar-refractivity contribution in [1.29, 1.82) is 0 Å². The van der Waals surface area contributed by atoms with E-state index in [0.717, 1.165) is 17.7 Å². The molecule has 1 aromatic rings. The number of para-hydroxylation sites is 1. The number of hydrogen-bond donors (Lipinski definition) is 2. The normalized spacial score (nSPS) is 11.0. The van der Waals surface area contributed by atoms with E-state index in [-0.39, 0.29) is 12.5 Å². The van der Waals surface area contributed by atoms with Crippen LogP contribution in [0.15, 0.2) is 41.9 Å². The van der Waals surface area contributed by atoms with Gasteiger partial charge in [-0.1, -0.05) is 30.9 Å². The van der Waals surface area contributed by atoms with E-state index in [4.69, 9.17) is 9.47 Å². The molecular formula is C20H32N4O3. The Kier molecular flexibility index (Phi) is 11.4. The number of ether oxygens (including phenoxy) is 2. The van der Waals surface area contributed by atoms with E-state index >= 15 is 0 Å². The van der Waals surface area contributed by atoms with Gasteiger partial charge in [-0.15, -0.1) is 0 Å². The molecule has 0 aromatic heterocycles. The Hall–Kier alpha value is -2.54. The summed E-state index contributed by atoms with van der Waals surface area (Å²) in [5, 5.41) is 6.31. The molecule has 1 amide bonds. The number of nitrogens with one attached hydrogen (secondary N) is 2. The molecule has 0 saturated heterocycles. The maximum Gasteiger partial charge on any atom is 0.241 e. The van der Waals surface area contributed by atoms with Crippen LogP contribution in [0.2, 0.25) is 0 Å². The highest BCUT2D eigenvalue weighted by molar-refractivity contribution is 5.86. The van der Waals surface area contributed by atoms with Crippen molar-refractivity contribution in [2.45, 2.75) is 19.9 Å². The lowest BCUT2D eigenvalue weighted by Gasteiger charge is -2.15. The average molecular weight is 377 g/mol. The van der Waals surface area contributed by atoms with Crippen molar-refractivity contribution in [2.75, 3.05) is 47.0 Å². The average Bonchev–Trinajstić information content (AvgIpc) is 2.67. The molecule has 0 aliphatic carbocycles. The zero-order chi connectivity index (χ0) is 19.9. The fourth-order valence-electron chi connectivity index (χ4n) is 2.11. The monoisotopic (exact) mass is 376 g/mol. The van der Waals surface area contributed by atoms with Crippen LogP contribution in [-0.2, 0) is 16.1 Å². The number of rotatable bonds is 12. The number of benzene rings is 1. The quantitative estimate of drug-likeness (QED) is 0.252. The first-order chi connectivity index (χ1) is 13.1. The first-order valence-electron chi connectivity index (χ1n) is 9.20. The van der Waals surface area contributed by atoms with Gasteiger partial charge >= 0.3 is 0 Å². The topological polar surface area (TPSA) is 75.2 Å². The van der Waals surface area contributed by atoms with E-state index in [1.54, 1.807) is 20.2 Å². The number of aliphatic imine (C=N–C) groups is 1. The molecule has 0 saturated carbocycles. The Balaban J connectivity index is 2.71. The molecule has 2 N–H and O–H groups in total. The summed E-state index contributed by atoms with van der Waals surface area (Å²) in [7, 11) is 3.45. The minimum absolute atomic E-state index is 0.0199. The molecule has 27 heavy (non-hydrogen) atoms. The SMILES string of the molecule is C=CCOc1ccccc1CN=C(NCCCOCC)NCC(=O)N(C)C. The number of carbonyl (C=O) groups is 1. The van der Waals surface area contributed by atoms with Crippen LogP contribution in [0.4, 0.5) is 0 Å². The lowest BCUT2D eigenvalue weighted by atomic mass is 10.2. The molecule has 0 aliphatic rings. The van der Waals surface area contributed by atoms with Crippen molar-refractivity contribution in [2.24, 2.45) is 4.99 Å². The minimum atomic E-state index is -0.0199. The van der Waals surface area contributed by atoms with Crippen LogP contribution in [0.3, 0.4) is 0 Å². The van der Waals surface area contributed by atoms with Crippen molar-refractivity contribution in [3.63, 3.8) is 0 Å². The largest absolute Gasteiger partial charge is 0.489 e. The molecule has 0 fully saturated rings. The molecule has 0 spiro atoms. The highest BCUT2D eigenvalue weighted by Crippen LogP contribution is 2.18. The third-order valence-corrected chi connectivity index (χ3v) is 3.60. The van der Waals surface area contributed by atoms with Gasteiger partial charge in [0, 0.05) is 39.4 Å². The van der Waals surface area contributed by atoms with Crippen molar-refractivity contribution in [3.05, 3.63) is 42.5 Å². The molecule has 0 bridgehead atoms. The number of hydrogen-bond acceptors (Lipinski definition) is 4. The zero-order valence-electron chi connectivity index (χ0n) is 16.7. The molecule has 0 unspecified atom stereocenters. The maximum absolute atomic E-state index is 11.8.